The van der Waals surface area contributed by atoms with Crippen molar-refractivity contribution in [3.05, 3.63) is 27.3 Å². The molecule has 1 aromatic rings. The molecule has 4 heteroatoms. The van der Waals surface area contributed by atoms with Crippen molar-refractivity contribution >= 4 is 28.6 Å². The highest BCUT2D eigenvalue weighted by molar-refractivity contribution is 14.1. The summed E-state index contributed by atoms with van der Waals surface area (Å²) >= 11 is 2.16. The predicted molar refractivity (Wildman–Crippen MR) is 85.0 cm³/mol. The van der Waals surface area contributed by atoms with Crippen molar-refractivity contribution in [3.63, 3.8) is 0 Å². The minimum atomic E-state index is -0.936. The first-order valence-electron chi connectivity index (χ1n) is 6.80. The molecule has 1 N–H and O–H groups in total. The Morgan fingerprint density at radius 2 is 1.89 bits per heavy atom. The summed E-state index contributed by atoms with van der Waals surface area (Å²) in [7, 11) is 0. The Bertz CT molecular complexity index is 404. The monoisotopic (exact) mass is 376 g/mol. The van der Waals surface area contributed by atoms with E-state index in [0.29, 0.717) is 12.4 Å². The maximum atomic E-state index is 11.1. The zero-order chi connectivity index (χ0) is 14.1. The number of ether oxygens (including phenoxy) is 1. The van der Waals surface area contributed by atoms with Gasteiger partial charge in [-0.15, -0.1) is 0 Å². The number of hydrogen-bond acceptors (Lipinski definition) is 2. The first kappa shape index (κ1) is 16.3. The lowest BCUT2D eigenvalue weighted by Crippen LogP contribution is -2.04. The molecule has 0 amide bonds. The van der Waals surface area contributed by atoms with Crippen molar-refractivity contribution in [2.45, 2.75) is 45.4 Å². The molecule has 0 saturated heterocycles. The van der Waals surface area contributed by atoms with Crippen molar-refractivity contribution in [2.24, 2.45) is 0 Å². The van der Waals surface area contributed by atoms with Gasteiger partial charge in [0.15, 0.2) is 0 Å². The molecule has 0 aliphatic heterocycles. The van der Waals surface area contributed by atoms with Crippen LogP contribution in [0, 0.1) is 3.57 Å². The maximum absolute atomic E-state index is 11.1. The van der Waals surface area contributed by atoms with Crippen molar-refractivity contribution in [1.82, 2.24) is 0 Å². The molecule has 0 heterocycles. The summed E-state index contributed by atoms with van der Waals surface area (Å²) in [6.45, 7) is 2.79. The van der Waals surface area contributed by atoms with Crippen LogP contribution in [-0.4, -0.2) is 17.7 Å². The van der Waals surface area contributed by atoms with Gasteiger partial charge in [0, 0.05) is 3.57 Å². The van der Waals surface area contributed by atoms with Crippen LogP contribution in [0.2, 0.25) is 0 Å². The molecule has 0 atom stereocenters. The van der Waals surface area contributed by atoms with E-state index in [2.05, 4.69) is 29.5 Å². The number of unbranched alkanes of at least 4 members (excludes halogenated alkanes) is 5. The van der Waals surface area contributed by atoms with E-state index in [9.17, 15) is 4.79 Å². The number of carboxylic acids is 1. The second kappa shape index (κ2) is 9.18. The second-order valence-electron chi connectivity index (χ2n) is 4.56. The Morgan fingerprint density at radius 3 is 2.58 bits per heavy atom. The van der Waals surface area contributed by atoms with Crippen molar-refractivity contribution in [1.29, 1.82) is 0 Å². The van der Waals surface area contributed by atoms with E-state index in [-0.39, 0.29) is 5.56 Å². The van der Waals surface area contributed by atoms with E-state index in [1.165, 1.54) is 25.7 Å². The molecule has 0 saturated carbocycles. The zero-order valence-corrected chi connectivity index (χ0v) is 13.5. The highest BCUT2D eigenvalue weighted by Gasteiger charge is 2.11. The summed E-state index contributed by atoms with van der Waals surface area (Å²) in [5, 5.41) is 9.07. The molecule has 0 fully saturated rings. The Morgan fingerprint density at radius 1 is 1.21 bits per heavy atom. The Balaban J connectivity index is 2.36. The van der Waals surface area contributed by atoms with Gasteiger partial charge >= 0.3 is 5.97 Å². The maximum Gasteiger partial charge on any atom is 0.339 e. The number of aromatic carboxylic acids is 1. The van der Waals surface area contributed by atoms with Gasteiger partial charge in [-0.3, -0.25) is 0 Å². The van der Waals surface area contributed by atoms with Crippen LogP contribution >= 0.6 is 22.6 Å². The molecule has 0 aliphatic rings. The standard InChI is InChI=1S/C15H21IO3/c1-2-3-4-5-6-7-10-19-14-11-12(16)8-9-13(14)15(17)18/h8-9,11H,2-7,10H2,1H3,(H,17,18). The fourth-order valence-electron chi connectivity index (χ4n) is 1.86. The Labute approximate surface area is 128 Å². The molecule has 19 heavy (non-hydrogen) atoms. The van der Waals surface area contributed by atoms with Crippen molar-refractivity contribution in [2.75, 3.05) is 6.61 Å². The average Bonchev–Trinajstić information content (AvgIpc) is 2.37. The van der Waals surface area contributed by atoms with Crippen LogP contribution in [0.4, 0.5) is 0 Å². The summed E-state index contributed by atoms with van der Waals surface area (Å²) in [6.07, 6.45) is 7.18. The normalized spacial score (nSPS) is 10.4. The first-order valence-corrected chi connectivity index (χ1v) is 7.88. The van der Waals surface area contributed by atoms with Crippen LogP contribution in [0.3, 0.4) is 0 Å². The molecular weight excluding hydrogens is 355 g/mol. The summed E-state index contributed by atoms with van der Waals surface area (Å²) in [4.78, 5) is 11.1. The molecule has 0 spiro atoms. The van der Waals surface area contributed by atoms with Crippen LogP contribution in [0.1, 0.15) is 55.8 Å². The molecule has 1 rings (SSSR count). The molecule has 0 radical (unpaired) electrons. The van der Waals surface area contributed by atoms with Crippen LogP contribution in [0.15, 0.2) is 18.2 Å². The van der Waals surface area contributed by atoms with Crippen LogP contribution in [0.5, 0.6) is 5.75 Å². The van der Waals surface area contributed by atoms with E-state index >= 15 is 0 Å². The van der Waals surface area contributed by atoms with Gasteiger partial charge in [-0.25, -0.2) is 4.79 Å². The fraction of sp³-hybridized carbons (Fsp3) is 0.533. The van der Waals surface area contributed by atoms with Crippen molar-refractivity contribution in [3.8, 4) is 5.75 Å². The summed E-state index contributed by atoms with van der Waals surface area (Å²) < 4.78 is 6.59. The third-order valence-corrected chi connectivity index (χ3v) is 3.60. The predicted octanol–water partition coefficient (Wildman–Crippen LogP) is 4.73. The summed E-state index contributed by atoms with van der Waals surface area (Å²) in [5.74, 6) is -0.456. The molecule has 0 bridgehead atoms. The zero-order valence-electron chi connectivity index (χ0n) is 11.3. The quantitative estimate of drug-likeness (QED) is 0.501. The Hall–Kier alpha value is -0.780. The smallest absolute Gasteiger partial charge is 0.339 e. The molecule has 3 nitrogen and oxygen atoms in total. The van der Waals surface area contributed by atoms with Gasteiger partial charge in [0.1, 0.15) is 11.3 Å². The van der Waals surface area contributed by atoms with E-state index in [1.54, 1.807) is 18.2 Å². The summed E-state index contributed by atoms with van der Waals surface area (Å²) in [5.41, 5.74) is 0.242. The van der Waals surface area contributed by atoms with Crippen LogP contribution in [-0.2, 0) is 0 Å². The number of hydrogen-bond donors (Lipinski definition) is 1. The van der Waals surface area contributed by atoms with E-state index in [1.807, 2.05) is 0 Å². The SMILES string of the molecule is CCCCCCCCOc1cc(I)ccc1C(=O)O. The largest absolute Gasteiger partial charge is 0.493 e. The van der Waals surface area contributed by atoms with Gasteiger partial charge in [-0.1, -0.05) is 39.0 Å². The number of rotatable bonds is 9. The van der Waals surface area contributed by atoms with Gasteiger partial charge in [0.2, 0.25) is 0 Å². The molecule has 0 aliphatic carbocycles. The molecular formula is C15H21IO3. The van der Waals surface area contributed by atoms with Crippen LogP contribution in [0.25, 0.3) is 0 Å². The first-order chi connectivity index (χ1) is 9.15. The van der Waals surface area contributed by atoms with Gasteiger partial charge < -0.3 is 9.84 Å². The minimum absolute atomic E-state index is 0.242. The topological polar surface area (TPSA) is 46.5 Å². The second-order valence-corrected chi connectivity index (χ2v) is 5.81. The number of halogens is 1. The highest BCUT2D eigenvalue weighted by Crippen LogP contribution is 2.22. The van der Waals surface area contributed by atoms with Gasteiger partial charge in [0.25, 0.3) is 0 Å². The molecule has 0 aromatic heterocycles. The lowest BCUT2D eigenvalue weighted by atomic mass is 10.1. The summed E-state index contributed by atoms with van der Waals surface area (Å²) in [6, 6.07) is 5.16. The molecule has 106 valence electrons. The van der Waals surface area contributed by atoms with Gasteiger partial charge in [-0.05, 0) is 47.2 Å². The lowest BCUT2D eigenvalue weighted by molar-refractivity contribution is 0.0692. The van der Waals surface area contributed by atoms with E-state index in [4.69, 9.17) is 9.84 Å². The number of benzene rings is 1. The number of carbonyl (C=O) groups is 1. The van der Waals surface area contributed by atoms with E-state index in [0.717, 1.165) is 16.4 Å². The van der Waals surface area contributed by atoms with E-state index < -0.39 is 5.97 Å². The average molecular weight is 376 g/mol. The Kier molecular flexibility index (Phi) is 7.86. The third kappa shape index (κ3) is 6.27. The van der Waals surface area contributed by atoms with Crippen molar-refractivity contribution < 1.29 is 14.6 Å². The molecule has 0 unspecified atom stereocenters. The van der Waals surface area contributed by atoms with Gasteiger partial charge in [-0.2, -0.15) is 0 Å². The lowest BCUT2D eigenvalue weighted by Gasteiger charge is -2.09. The highest BCUT2D eigenvalue weighted by atomic mass is 127. The minimum Gasteiger partial charge on any atom is -0.493 e. The third-order valence-electron chi connectivity index (χ3n) is 2.93. The van der Waals surface area contributed by atoms with Crippen LogP contribution < -0.4 is 4.74 Å². The number of carboxylic acid groups (broad SMARTS) is 1. The van der Waals surface area contributed by atoms with Gasteiger partial charge in [0.05, 0.1) is 6.61 Å². The fourth-order valence-corrected chi connectivity index (χ4v) is 2.32. The molecule has 1 aromatic carbocycles.